The number of carbonyl (C=O) groups is 2. The van der Waals surface area contributed by atoms with Gasteiger partial charge in [-0.05, 0) is 36.5 Å². The SMILES string of the molecule is NCC1(F)CC(C(=O)N2CCc3c(cccc3C(N)=O)C2)C1. The molecule has 0 bridgehead atoms. The van der Waals surface area contributed by atoms with Crippen LogP contribution in [0.25, 0.3) is 0 Å². The van der Waals surface area contributed by atoms with Crippen LogP contribution >= 0.6 is 0 Å². The van der Waals surface area contributed by atoms with Crippen molar-refractivity contribution < 1.29 is 14.0 Å². The van der Waals surface area contributed by atoms with E-state index in [-0.39, 0.29) is 31.2 Å². The number of nitrogens with two attached hydrogens (primary N) is 2. The third-order valence-electron chi connectivity index (χ3n) is 4.78. The summed E-state index contributed by atoms with van der Waals surface area (Å²) in [4.78, 5) is 25.6. The molecule has 118 valence electrons. The lowest BCUT2D eigenvalue weighted by molar-refractivity contribution is -0.145. The van der Waals surface area contributed by atoms with Crippen LogP contribution in [0, 0.1) is 5.92 Å². The number of nitrogens with zero attached hydrogens (tertiary/aromatic N) is 1. The monoisotopic (exact) mass is 305 g/mol. The Morgan fingerprint density at radius 1 is 1.36 bits per heavy atom. The molecule has 1 aromatic rings. The van der Waals surface area contributed by atoms with Gasteiger partial charge in [0.1, 0.15) is 5.67 Å². The number of halogens is 1. The maximum absolute atomic E-state index is 13.8. The predicted molar refractivity (Wildman–Crippen MR) is 79.7 cm³/mol. The quantitative estimate of drug-likeness (QED) is 0.863. The number of fused-ring (bicyclic) bond motifs is 1. The summed E-state index contributed by atoms with van der Waals surface area (Å²) in [6.07, 6.45) is 1.03. The fraction of sp³-hybridized carbons (Fsp3) is 0.500. The summed E-state index contributed by atoms with van der Waals surface area (Å²) in [6.45, 7) is 0.962. The van der Waals surface area contributed by atoms with Crippen molar-refractivity contribution in [2.75, 3.05) is 13.1 Å². The van der Waals surface area contributed by atoms with Gasteiger partial charge in [0.25, 0.3) is 0 Å². The van der Waals surface area contributed by atoms with Crippen LogP contribution in [0.2, 0.25) is 0 Å². The Labute approximate surface area is 128 Å². The van der Waals surface area contributed by atoms with E-state index in [0.717, 1.165) is 11.1 Å². The fourth-order valence-corrected chi connectivity index (χ4v) is 3.45. The van der Waals surface area contributed by atoms with Gasteiger partial charge in [0.05, 0.1) is 0 Å². The standard InChI is InChI=1S/C16H20FN3O2/c17-16(9-18)6-11(7-16)15(22)20-5-4-12-10(8-20)2-1-3-13(12)14(19)21/h1-3,11H,4-9,18H2,(H2,19,21). The van der Waals surface area contributed by atoms with Crippen molar-refractivity contribution in [3.8, 4) is 0 Å². The Morgan fingerprint density at radius 2 is 2.09 bits per heavy atom. The Hall–Kier alpha value is -1.95. The van der Waals surface area contributed by atoms with Crippen molar-refractivity contribution >= 4 is 11.8 Å². The van der Waals surface area contributed by atoms with Crippen LogP contribution in [0.3, 0.4) is 0 Å². The highest BCUT2D eigenvalue weighted by molar-refractivity contribution is 5.94. The van der Waals surface area contributed by atoms with Crippen LogP contribution in [0.15, 0.2) is 18.2 Å². The number of alkyl halides is 1. The molecule has 4 N–H and O–H groups in total. The summed E-state index contributed by atoms with van der Waals surface area (Å²) in [7, 11) is 0. The first-order valence-corrected chi connectivity index (χ1v) is 7.52. The topological polar surface area (TPSA) is 89.4 Å². The molecule has 0 spiro atoms. The largest absolute Gasteiger partial charge is 0.366 e. The lowest BCUT2D eigenvalue weighted by Gasteiger charge is -2.42. The maximum atomic E-state index is 13.8. The normalized spacial score (nSPS) is 27.0. The van der Waals surface area contributed by atoms with Gasteiger partial charge >= 0.3 is 0 Å². The smallest absolute Gasteiger partial charge is 0.248 e. The molecule has 2 aliphatic rings. The number of benzene rings is 1. The first kappa shape index (κ1) is 15.0. The Kier molecular flexibility index (Phi) is 3.64. The summed E-state index contributed by atoms with van der Waals surface area (Å²) in [5, 5.41) is 0. The van der Waals surface area contributed by atoms with Crippen molar-refractivity contribution in [1.29, 1.82) is 0 Å². The number of hydrogen-bond donors (Lipinski definition) is 2. The van der Waals surface area contributed by atoms with Crippen molar-refractivity contribution in [1.82, 2.24) is 4.90 Å². The number of primary amides is 1. The van der Waals surface area contributed by atoms with Crippen LogP contribution in [0.4, 0.5) is 4.39 Å². The third kappa shape index (κ3) is 2.47. The minimum absolute atomic E-state index is 0.0168. The van der Waals surface area contributed by atoms with Crippen molar-refractivity contribution in [2.24, 2.45) is 17.4 Å². The number of carbonyl (C=O) groups excluding carboxylic acids is 2. The van der Waals surface area contributed by atoms with Gasteiger partial charge in [0.15, 0.2) is 0 Å². The lowest BCUT2D eigenvalue weighted by Crippen LogP contribution is -2.52. The highest BCUT2D eigenvalue weighted by atomic mass is 19.1. The minimum Gasteiger partial charge on any atom is -0.366 e. The molecule has 22 heavy (non-hydrogen) atoms. The molecule has 0 saturated heterocycles. The molecule has 0 unspecified atom stereocenters. The van der Waals surface area contributed by atoms with E-state index in [4.69, 9.17) is 11.5 Å². The molecule has 5 nitrogen and oxygen atoms in total. The third-order valence-corrected chi connectivity index (χ3v) is 4.78. The van der Waals surface area contributed by atoms with E-state index < -0.39 is 11.6 Å². The molecule has 1 fully saturated rings. The second-order valence-electron chi connectivity index (χ2n) is 6.28. The summed E-state index contributed by atoms with van der Waals surface area (Å²) >= 11 is 0. The lowest BCUT2D eigenvalue weighted by atomic mass is 9.71. The average Bonchev–Trinajstić information content (AvgIpc) is 2.49. The summed E-state index contributed by atoms with van der Waals surface area (Å²) in [5.41, 5.74) is 11.8. The van der Waals surface area contributed by atoms with Crippen LogP contribution < -0.4 is 11.5 Å². The molecule has 1 heterocycles. The van der Waals surface area contributed by atoms with Crippen molar-refractivity contribution in [3.05, 3.63) is 34.9 Å². The molecule has 2 amide bonds. The highest BCUT2D eigenvalue weighted by Gasteiger charge is 2.48. The number of amides is 2. The van der Waals surface area contributed by atoms with Gasteiger partial charge in [-0.1, -0.05) is 12.1 Å². The van der Waals surface area contributed by atoms with Gasteiger partial charge in [0, 0.05) is 31.1 Å². The van der Waals surface area contributed by atoms with Crippen LogP contribution in [0.5, 0.6) is 0 Å². The van der Waals surface area contributed by atoms with Crippen molar-refractivity contribution in [3.63, 3.8) is 0 Å². The van der Waals surface area contributed by atoms with Gasteiger partial charge in [0.2, 0.25) is 11.8 Å². The predicted octanol–water partition coefficient (Wildman–Crippen LogP) is 0.747. The van der Waals surface area contributed by atoms with Gasteiger partial charge in [-0.3, -0.25) is 9.59 Å². The van der Waals surface area contributed by atoms with Gasteiger partial charge < -0.3 is 16.4 Å². The van der Waals surface area contributed by atoms with Crippen molar-refractivity contribution in [2.45, 2.75) is 31.5 Å². The second-order valence-corrected chi connectivity index (χ2v) is 6.28. The molecule has 0 aromatic heterocycles. The second kappa shape index (κ2) is 5.35. The molecular formula is C16H20FN3O2. The first-order valence-electron chi connectivity index (χ1n) is 7.52. The van der Waals surface area contributed by atoms with E-state index in [2.05, 4.69) is 0 Å². The molecule has 1 aliphatic carbocycles. The van der Waals surface area contributed by atoms with Crippen LogP contribution in [-0.4, -0.2) is 35.5 Å². The number of hydrogen-bond acceptors (Lipinski definition) is 3. The van der Waals surface area contributed by atoms with Gasteiger partial charge in [-0.2, -0.15) is 0 Å². The highest BCUT2D eigenvalue weighted by Crippen LogP contribution is 2.42. The van der Waals surface area contributed by atoms with Gasteiger partial charge in [-0.25, -0.2) is 4.39 Å². The molecule has 1 aliphatic heterocycles. The van der Waals surface area contributed by atoms with Crippen LogP contribution in [0.1, 0.15) is 34.3 Å². The minimum atomic E-state index is -1.37. The molecule has 6 heteroatoms. The molecule has 1 aromatic carbocycles. The zero-order valence-electron chi connectivity index (χ0n) is 12.3. The van der Waals surface area contributed by atoms with Crippen LogP contribution in [-0.2, 0) is 17.8 Å². The molecule has 1 saturated carbocycles. The van der Waals surface area contributed by atoms with E-state index in [1.165, 1.54) is 0 Å². The fourth-order valence-electron chi connectivity index (χ4n) is 3.45. The summed E-state index contributed by atoms with van der Waals surface area (Å²) < 4.78 is 13.8. The van der Waals surface area contributed by atoms with E-state index >= 15 is 0 Å². The summed E-state index contributed by atoms with van der Waals surface area (Å²) in [6, 6.07) is 5.39. The van der Waals surface area contributed by atoms with E-state index in [1.54, 1.807) is 17.0 Å². The molecule has 0 radical (unpaired) electrons. The Morgan fingerprint density at radius 3 is 2.73 bits per heavy atom. The van der Waals surface area contributed by atoms with Gasteiger partial charge in [-0.15, -0.1) is 0 Å². The molecule has 0 atom stereocenters. The summed E-state index contributed by atoms with van der Waals surface area (Å²) in [5.74, 6) is -0.730. The Bertz CT molecular complexity index is 626. The molecular weight excluding hydrogens is 285 g/mol. The van der Waals surface area contributed by atoms with E-state index in [9.17, 15) is 14.0 Å². The van der Waals surface area contributed by atoms with E-state index in [0.29, 0.717) is 25.1 Å². The molecule has 3 rings (SSSR count). The zero-order chi connectivity index (χ0) is 15.9. The maximum Gasteiger partial charge on any atom is 0.248 e. The zero-order valence-corrected chi connectivity index (χ0v) is 12.3. The number of rotatable bonds is 3. The Balaban J connectivity index is 1.72. The first-order chi connectivity index (χ1) is 10.4. The average molecular weight is 305 g/mol. The van der Waals surface area contributed by atoms with E-state index in [1.807, 2.05) is 6.07 Å².